The van der Waals surface area contributed by atoms with E-state index < -0.39 is 0 Å². The number of nitrogens with zero attached hydrogens (tertiary/aromatic N) is 1. The molecule has 0 spiro atoms. The minimum absolute atomic E-state index is 0.0432. The molecule has 5 heteroatoms. The van der Waals surface area contributed by atoms with Crippen LogP contribution in [0.2, 0.25) is 5.02 Å². The van der Waals surface area contributed by atoms with E-state index in [-0.39, 0.29) is 12.2 Å². The lowest BCUT2D eigenvalue weighted by Crippen LogP contribution is -2.33. The first-order valence-corrected chi connectivity index (χ1v) is 9.89. The van der Waals surface area contributed by atoms with Crippen molar-refractivity contribution in [2.75, 3.05) is 0 Å². The van der Waals surface area contributed by atoms with E-state index in [9.17, 15) is 5.11 Å². The second-order valence-corrected chi connectivity index (χ2v) is 7.87. The zero-order valence-corrected chi connectivity index (χ0v) is 16.8. The summed E-state index contributed by atoms with van der Waals surface area (Å²) in [5.74, 6) is 0.292. The first-order chi connectivity index (χ1) is 13.1. The summed E-state index contributed by atoms with van der Waals surface area (Å²) in [5, 5.41) is 14.6. The third-order valence-electron chi connectivity index (χ3n) is 4.70. The average molecular weight is 442 g/mol. The van der Waals surface area contributed by atoms with E-state index in [0.29, 0.717) is 17.2 Å². The largest absolute Gasteiger partial charge is 0.508 e. The van der Waals surface area contributed by atoms with Gasteiger partial charge in [0.15, 0.2) is 0 Å². The summed E-state index contributed by atoms with van der Waals surface area (Å²) in [4.78, 5) is 4.96. The quantitative estimate of drug-likeness (QED) is 0.521. The van der Waals surface area contributed by atoms with Gasteiger partial charge in [-0.15, -0.1) is 0 Å². The molecule has 0 radical (unpaired) electrons. The Morgan fingerprint density at radius 1 is 1.00 bits per heavy atom. The van der Waals surface area contributed by atoms with Crippen molar-refractivity contribution in [2.45, 2.75) is 18.6 Å². The van der Waals surface area contributed by atoms with Crippen LogP contribution in [-0.4, -0.2) is 10.8 Å². The fourth-order valence-electron chi connectivity index (χ4n) is 3.35. The van der Waals surface area contributed by atoms with E-state index in [2.05, 4.69) is 33.4 Å². The minimum atomic E-state index is -0.213. The van der Waals surface area contributed by atoms with E-state index in [1.165, 1.54) is 0 Å². The molecule has 3 aromatic carbocycles. The first kappa shape index (κ1) is 18.2. The van der Waals surface area contributed by atoms with Crippen LogP contribution in [0.5, 0.6) is 5.75 Å². The van der Waals surface area contributed by atoms with Crippen molar-refractivity contribution in [1.82, 2.24) is 5.32 Å². The van der Waals surface area contributed by atoms with Gasteiger partial charge in [-0.25, -0.2) is 0 Å². The van der Waals surface area contributed by atoms with Gasteiger partial charge in [0.1, 0.15) is 11.9 Å². The molecule has 4 rings (SSSR count). The van der Waals surface area contributed by atoms with Gasteiger partial charge in [0.25, 0.3) is 0 Å². The SMILES string of the molecule is Oc1ccccc1[C@@H]1CC(c2cccc(Br)c2)=N[C@@H](c2ccc(Cl)cc2)N1. The standard InChI is InChI=1S/C22H18BrClN2O/c23-16-5-3-4-15(12-16)19-13-20(18-6-1-2-7-21(18)27)26-22(25-19)14-8-10-17(24)11-9-14/h1-12,20,22,26-27H,13H2/t20-,22+/m0/s1. The molecule has 2 atom stereocenters. The molecule has 0 saturated heterocycles. The molecule has 136 valence electrons. The third kappa shape index (κ3) is 4.08. The van der Waals surface area contributed by atoms with Crippen molar-refractivity contribution in [3.8, 4) is 5.75 Å². The summed E-state index contributed by atoms with van der Waals surface area (Å²) in [5.41, 5.74) is 3.99. The monoisotopic (exact) mass is 440 g/mol. The van der Waals surface area contributed by atoms with E-state index >= 15 is 0 Å². The average Bonchev–Trinajstić information content (AvgIpc) is 2.68. The van der Waals surface area contributed by atoms with Gasteiger partial charge in [-0.3, -0.25) is 10.3 Å². The lowest BCUT2D eigenvalue weighted by molar-refractivity contribution is 0.413. The predicted molar refractivity (Wildman–Crippen MR) is 113 cm³/mol. The Labute approximate surface area is 171 Å². The van der Waals surface area contributed by atoms with Crippen LogP contribution in [-0.2, 0) is 0 Å². The predicted octanol–water partition coefficient (Wildman–Crippen LogP) is 6.03. The smallest absolute Gasteiger partial charge is 0.126 e. The van der Waals surface area contributed by atoms with Crippen LogP contribution in [0.4, 0.5) is 0 Å². The number of para-hydroxylation sites is 1. The topological polar surface area (TPSA) is 44.6 Å². The fraction of sp³-hybridized carbons (Fsp3) is 0.136. The lowest BCUT2D eigenvalue weighted by Gasteiger charge is -2.31. The Kier molecular flexibility index (Phi) is 5.30. The molecule has 0 saturated carbocycles. The van der Waals surface area contributed by atoms with Gasteiger partial charge in [-0.2, -0.15) is 0 Å². The number of phenols is 1. The summed E-state index contributed by atoms with van der Waals surface area (Å²) >= 11 is 9.59. The number of benzene rings is 3. The van der Waals surface area contributed by atoms with Crippen molar-refractivity contribution in [3.63, 3.8) is 0 Å². The Balaban J connectivity index is 1.76. The Morgan fingerprint density at radius 2 is 1.78 bits per heavy atom. The van der Waals surface area contributed by atoms with Gasteiger partial charge in [-0.1, -0.05) is 70.0 Å². The summed E-state index contributed by atoms with van der Waals surface area (Å²) < 4.78 is 1.02. The molecule has 2 N–H and O–H groups in total. The maximum absolute atomic E-state index is 10.4. The molecule has 0 bridgehead atoms. The molecule has 0 aromatic heterocycles. The highest BCUT2D eigenvalue weighted by Gasteiger charge is 2.27. The van der Waals surface area contributed by atoms with Gasteiger partial charge >= 0.3 is 0 Å². The van der Waals surface area contributed by atoms with Crippen molar-refractivity contribution in [3.05, 3.63) is 99.0 Å². The van der Waals surface area contributed by atoms with Crippen LogP contribution in [0.15, 0.2) is 82.3 Å². The Hall–Kier alpha value is -2.14. The first-order valence-electron chi connectivity index (χ1n) is 8.72. The molecule has 0 aliphatic carbocycles. The maximum Gasteiger partial charge on any atom is 0.126 e. The maximum atomic E-state index is 10.4. The zero-order chi connectivity index (χ0) is 18.8. The van der Waals surface area contributed by atoms with Gasteiger partial charge in [0.05, 0.1) is 0 Å². The van der Waals surface area contributed by atoms with E-state index in [4.69, 9.17) is 16.6 Å². The van der Waals surface area contributed by atoms with E-state index in [0.717, 1.165) is 26.9 Å². The highest BCUT2D eigenvalue weighted by Crippen LogP contribution is 2.34. The molecule has 3 nitrogen and oxygen atoms in total. The number of phenolic OH excluding ortho intramolecular Hbond substituents is 1. The molecule has 27 heavy (non-hydrogen) atoms. The highest BCUT2D eigenvalue weighted by atomic mass is 79.9. The number of halogens is 2. The molecular formula is C22H18BrClN2O. The minimum Gasteiger partial charge on any atom is -0.508 e. The van der Waals surface area contributed by atoms with Crippen molar-refractivity contribution < 1.29 is 5.11 Å². The van der Waals surface area contributed by atoms with Crippen LogP contribution in [0.25, 0.3) is 0 Å². The van der Waals surface area contributed by atoms with E-state index in [1.54, 1.807) is 6.07 Å². The van der Waals surface area contributed by atoms with Gasteiger partial charge < -0.3 is 5.11 Å². The number of hydrogen-bond acceptors (Lipinski definition) is 3. The molecular weight excluding hydrogens is 424 g/mol. The zero-order valence-electron chi connectivity index (χ0n) is 14.4. The Bertz CT molecular complexity index is 988. The molecule has 3 aromatic rings. The normalized spacial score (nSPS) is 19.6. The summed E-state index contributed by atoms with van der Waals surface area (Å²) in [6.07, 6.45) is 0.479. The lowest BCUT2D eigenvalue weighted by atomic mass is 9.93. The van der Waals surface area contributed by atoms with Crippen molar-refractivity contribution in [1.29, 1.82) is 0 Å². The van der Waals surface area contributed by atoms with Crippen molar-refractivity contribution in [2.24, 2.45) is 4.99 Å². The number of aliphatic imine (C=N–C) groups is 1. The number of aromatic hydroxyl groups is 1. The third-order valence-corrected chi connectivity index (χ3v) is 5.44. The van der Waals surface area contributed by atoms with E-state index in [1.807, 2.05) is 54.6 Å². The second-order valence-electron chi connectivity index (χ2n) is 6.52. The molecule has 0 fully saturated rings. The summed E-state index contributed by atoms with van der Waals surface area (Å²) in [7, 11) is 0. The number of rotatable bonds is 3. The number of nitrogens with one attached hydrogen (secondary N) is 1. The van der Waals surface area contributed by atoms with Crippen LogP contribution in [0.1, 0.15) is 35.3 Å². The molecule has 1 aliphatic rings. The van der Waals surface area contributed by atoms with Gasteiger partial charge in [-0.05, 0) is 41.5 Å². The molecule has 1 heterocycles. The van der Waals surface area contributed by atoms with Gasteiger partial charge in [0, 0.05) is 33.2 Å². The van der Waals surface area contributed by atoms with Crippen LogP contribution in [0.3, 0.4) is 0 Å². The molecule has 0 unspecified atom stereocenters. The molecule has 0 amide bonds. The van der Waals surface area contributed by atoms with Gasteiger partial charge in [0.2, 0.25) is 0 Å². The van der Waals surface area contributed by atoms with Crippen molar-refractivity contribution >= 4 is 33.2 Å². The Morgan fingerprint density at radius 3 is 2.52 bits per heavy atom. The molecule has 1 aliphatic heterocycles. The highest BCUT2D eigenvalue weighted by molar-refractivity contribution is 9.10. The number of hydrogen-bond donors (Lipinski definition) is 2. The van der Waals surface area contributed by atoms with Crippen LogP contribution < -0.4 is 5.32 Å². The fourth-order valence-corrected chi connectivity index (χ4v) is 3.87. The second kappa shape index (κ2) is 7.85. The van der Waals surface area contributed by atoms with Crippen LogP contribution in [0, 0.1) is 0 Å². The summed E-state index contributed by atoms with van der Waals surface area (Å²) in [6, 6.07) is 23.3. The summed E-state index contributed by atoms with van der Waals surface area (Å²) in [6.45, 7) is 0. The van der Waals surface area contributed by atoms with Crippen LogP contribution >= 0.6 is 27.5 Å².